The van der Waals surface area contributed by atoms with Crippen molar-refractivity contribution in [2.45, 2.75) is 32.4 Å². The summed E-state index contributed by atoms with van der Waals surface area (Å²) in [4.78, 5) is 13.5. The van der Waals surface area contributed by atoms with Crippen LogP contribution in [0.1, 0.15) is 24.0 Å². The van der Waals surface area contributed by atoms with Crippen LogP contribution < -0.4 is 5.32 Å². The van der Waals surface area contributed by atoms with Crippen LogP contribution in [0.4, 0.5) is 4.39 Å². The molecule has 1 aromatic rings. The van der Waals surface area contributed by atoms with Gasteiger partial charge in [-0.1, -0.05) is 12.1 Å². The molecule has 1 amide bonds. The van der Waals surface area contributed by atoms with Gasteiger partial charge < -0.3 is 15.0 Å². The molecule has 1 aliphatic heterocycles. The monoisotopic (exact) mass is 294 g/mol. The van der Waals surface area contributed by atoms with Crippen LogP contribution in [0.5, 0.6) is 0 Å². The third-order valence-electron chi connectivity index (χ3n) is 3.95. The molecule has 0 bridgehead atoms. The fraction of sp³-hybridized carbons (Fsp3) is 0.562. The van der Waals surface area contributed by atoms with E-state index in [1.54, 1.807) is 19.1 Å². The Hall–Kier alpha value is -1.46. The molecule has 0 saturated carbocycles. The number of halogens is 1. The molecule has 0 atom stereocenters. The van der Waals surface area contributed by atoms with E-state index in [1.165, 1.54) is 7.11 Å². The van der Waals surface area contributed by atoms with Gasteiger partial charge in [0, 0.05) is 32.8 Å². The quantitative estimate of drug-likeness (QED) is 0.901. The van der Waals surface area contributed by atoms with Gasteiger partial charge in [0.25, 0.3) is 0 Å². The predicted molar refractivity (Wildman–Crippen MR) is 79.5 cm³/mol. The molecule has 1 heterocycles. The number of ether oxygens (including phenoxy) is 1. The molecular formula is C16H23FN2O2. The Morgan fingerprint density at radius 3 is 2.76 bits per heavy atom. The first-order valence-corrected chi connectivity index (χ1v) is 7.35. The summed E-state index contributed by atoms with van der Waals surface area (Å²) >= 11 is 0. The molecule has 1 N–H and O–H groups in total. The summed E-state index contributed by atoms with van der Waals surface area (Å²) in [6, 6.07) is 5.71. The van der Waals surface area contributed by atoms with Crippen molar-refractivity contribution in [3.63, 3.8) is 0 Å². The van der Waals surface area contributed by atoms with Crippen molar-refractivity contribution >= 4 is 5.91 Å². The van der Waals surface area contributed by atoms with E-state index < -0.39 is 0 Å². The molecule has 21 heavy (non-hydrogen) atoms. The van der Waals surface area contributed by atoms with Gasteiger partial charge in [0.05, 0.1) is 0 Å². The molecule has 1 aromatic carbocycles. The predicted octanol–water partition coefficient (Wildman–Crippen LogP) is 1.86. The number of carbonyl (C=O) groups excluding carboxylic acids is 1. The van der Waals surface area contributed by atoms with E-state index in [0.29, 0.717) is 18.2 Å². The Kier molecular flexibility index (Phi) is 5.70. The van der Waals surface area contributed by atoms with Gasteiger partial charge in [-0.05, 0) is 37.0 Å². The summed E-state index contributed by atoms with van der Waals surface area (Å²) < 4.78 is 18.3. The largest absolute Gasteiger partial charge is 0.375 e. The fourth-order valence-corrected chi connectivity index (χ4v) is 2.56. The van der Waals surface area contributed by atoms with Crippen LogP contribution in [-0.4, -0.2) is 43.7 Å². The number of benzene rings is 1. The molecule has 5 heteroatoms. The number of rotatable bonds is 5. The van der Waals surface area contributed by atoms with E-state index in [-0.39, 0.29) is 18.3 Å². The molecule has 0 aromatic heterocycles. The minimum atomic E-state index is -0.158. The zero-order valence-electron chi connectivity index (χ0n) is 12.7. The van der Waals surface area contributed by atoms with Gasteiger partial charge in [-0.25, -0.2) is 4.39 Å². The molecule has 0 spiro atoms. The molecule has 116 valence electrons. The highest BCUT2D eigenvalue weighted by atomic mass is 19.1. The molecular weight excluding hydrogens is 271 g/mol. The van der Waals surface area contributed by atoms with E-state index in [9.17, 15) is 9.18 Å². The van der Waals surface area contributed by atoms with Gasteiger partial charge in [-0.15, -0.1) is 0 Å². The van der Waals surface area contributed by atoms with Gasteiger partial charge in [0.15, 0.2) is 0 Å². The van der Waals surface area contributed by atoms with Gasteiger partial charge in [0.1, 0.15) is 12.4 Å². The topological polar surface area (TPSA) is 41.6 Å². The van der Waals surface area contributed by atoms with E-state index >= 15 is 0 Å². The average Bonchev–Trinajstić information content (AvgIpc) is 2.49. The molecule has 4 nitrogen and oxygen atoms in total. The van der Waals surface area contributed by atoms with Crippen LogP contribution in [0.3, 0.4) is 0 Å². The zero-order chi connectivity index (χ0) is 15.2. The molecule has 0 unspecified atom stereocenters. The third kappa shape index (κ3) is 4.51. The summed E-state index contributed by atoms with van der Waals surface area (Å²) in [5.74, 6) is -0.106. The summed E-state index contributed by atoms with van der Waals surface area (Å²) in [7, 11) is 1.53. The van der Waals surface area contributed by atoms with E-state index in [4.69, 9.17) is 4.74 Å². The number of amides is 1. The van der Waals surface area contributed by atoms with E-state index in [0.717, 1.165) is 31.5 Å². The van der Waals surface area contributed by atoms with Crippen molar-refractivity contribution in [1.82, 2.24) is 10.2 Å². The van der Waals surface area contributed by atoms with Crippen LogP contribution >= 0.6 is 0 Å². The summed E-state index contributed by atoms with van der Waals surface area (Å²) in [6.07, 6.45) is 1.84. The standard InChI is InChI=1S/C16H23FN2O2/c1-12-3-4-13(9-15(12)17)10-18-14-5-7-19(8-6-14)16(20)11-21-2/h3-4,9,14,18H,5-8,10-11H2,1-2H3. The number of likely N-dealkylation sites (tertiary alicyclic amines) is 1. The second kappa shape index (κ2) is 7.52. The second-order valence-corrected chi connectivity index (χ2v) is 5.55. The van der Waals surface area contributed by atoms with E-state index in [1.807, 2.05) is 11.0 Å². The van der Waals surface area contributed by atoms with Crippen LogP contribution in [0.25, 0.3) is 0 Å². The summed E-state index contributed by atoms with van der Waals surface area (Å²) in [5.41, 5.74) is 1.62. The first-order valence-electron chi connectivity index (χ1n) is 7.35. The van der Waals surface area contributed by atoms with Crippen molar-refractivity contribution in [2.75, 3.05) is 26.8 Å². The molecule has 2 rings (SSSR count). The normalized spacial score (nSPS) is 16.2. The number of hydrogen-bond acceptors (Lipinski definition) is 3. The van der Waals surface area contributed by atoms with Gasteiger partial charge in [-0.2, -0.15) is 0 Å². The van der Waals surface area contributed by atoms with Crippen molar-refractivity contribution in [1.29, 1.82) is 0 Å². The highest BCUT2D eigenvalue weighted by Crippen LogP contribution is 2.13. The number of nitrogens with one attached hydrogen (secondary N) is 1. The van der Waals surface area contributed by atoms with Crippen LogP contribution in [-0.2, 0) is 16.1 Å². The zero-order valence-corrected chi connectivity index (χ0v) is 12.7. The van der Waals surface area contributed by atoms with Crippen LogP contribution in [0.15, 0.2) is 18.2 Å². The molecule has 1 aliphatic rings. The maximum Gasteiger partial charge on any atom is 0.248 e. The van der Waals surface area contributed by atoms with Gasteiger partial charge >= 0.3 is 0 Å². The van der Waals surface area contributed by atoms with Crippen LogP contribution in [0, 0.1) is 12.7 Å². The molecule has 1 fully saturated rings. The Labute approximate surface area is 125 Å². The molecule has 0 radical (unpaired) electrons. The lowest BCUT2D eigenvalue weighted by atomic mass is 10.0. The number of methoxy groups -OCH3 is 1. The maximum absolute atomic E-state index is 13.5. The Morgan fingerprint density at radius 2 is 2.14 bits per heavy atom. The van der Waals surface area contributed by atoms with Crippen molar-refractivity contribution in [2.24, 2.45) is 0 Å². The fourth-order valence-electron chi connectivity index (χ4n) is 2.56. The lowest BCUT2D eigenvalue weighted by Crippen LogP contribution is -2.45. The summed E-state index contributed by atoms with van der Waals surface area (Å²) in [5, 5.41) is 3.44. The SMILES string of the molecule is COCC(=O)N1CCC(NCc2ccc(C)c(F)c2)CC1. The lowest BCUT2D eigenvalue weighted by molar-refractivity contribution is -0.136. The number of hydrogen-bond donors (Lipinski definition) is 1. The average molecular weight is 294 g/mol. The first-order chi connectivity index (χ1) is 10.1. The van der Waals surface area contributed by atoms with E-state index in [2.05, 4.69) is 5.32 Å². The highest BCUT2D eigenvalue weighted by Gasteiger charge is 2.22. The highest BCUT2D eigenvalue weighted by molar-refractivity contribution is 5.77. The minimum Gasteiger partial charge on any atom is -0.375 e. The van der Waals surface area contributed by atoms with Crippen molar-refractivity contribution < 1.29 is 13.9 Å². The third-order valence-corrected chi connectivity index (χ3v) is 3.95. The molecule has 1 saturated heterocycles. The Balaban J connectivity index is 1.76. The van der Waals surface area contributed by atoms with Crippen molar-refractivity contribution in [3.05, 3.63) is 35.1 Å². The lowest BCUT2D eigenvalue weighted by Gasteiger charge is -2.32. The Bertz CT molecular complexity index is 485. The maximum atomic E-state index is 13.5. The summed E-state index contributed by atoms with van der Waals surface area (Å²) in [6.45, 7) is 4.08. The minimum absolute atomic E-state index is 0.0524. The Morgan fingerprint density at radius 1 is 1.43 bits per heavy atom. The molecule has 0 aliphatic carbocycles. The number of piperidine rings is 1. The van der Waals surface area contributed by atoms with Gasteiger partial charge in [0.2, 0.25) is 5.91 Å². The van der Waals surface area contributed by atoms with Gasteiger partial charge in [-0.3, -0.25) is 4.79 Å². The smallest absolute Gasteiger partial charge is 0.248 e. The van der Waals surface area contributed by atoms with Crippen molar-refractivity contribution in [3.8, 4) is 0 Å². The number of carbonyl (C=O) groups is 1. The first kappa shape index (κ1) is 15.9. The number of nitrogens with zero attached hydrogens (tertiary/aromatic N) is 1. The van der Waals surface area contributed by atoms with Crippen LogP contribution in [0.2, 0.25) is 0 Å². The second-order valence-electron chi connectivity index (χ2n) is 5.55. The number of aryl methyl sites for hydroxylation is 1.